The SMILES string of the molecule is O=C([O-])N1CCC(c2ccc(F)cc2)C(OCc2ccc3cccc(OCc4ccccc4)c3c2)C1. The lowest BCUT2D eigenvalue weighted by Gasteiger charge is -2.40. The third-order valence-corrected chi connectivity index (χ3v) is 6.72. The van der Waals surface area contributed by atoms with E-state index in [9.17, 15) is 14.3 Å². The second-order valence-electron chi connectivity index (χ2n) is 9.09. The number of hydrogen-bond donors (Lipinski definition) is 0. The predicted octanol–water partition coefficient (Wildman–Crippen LogP) is 5.28. The highest BCUT2D eigenvalue weighted by Crippen LogP contribution is 2.32. The normalized spacial score (nSPS) is 17.8. The number of piperidine rings is 1. The van der Waals surface area contributed by atoms with Gasteiger partial charge >= 0.3 is 0 Å². The number of fused-ring (bicyclic) bond motifs is 1. The minimum atomic E-state index is -1.20. The number of carboxylic acid groups (broad SMARTS) is 1. The lowest BCUT2D eigenvalue weighted by Crippen LogP contribution is -2.51. The van der Waals surface area contributed by atoms with Crippen molar-refractivity contribution in [1.82, 2.24) is 4.90 Å². The summed E-state index contributed by atoms with van der Waals surface area (Å²) in [5.41, 5.74) is 2.99. The summed E-state index contributed by atoms with van der Waals surface area (Å²) in [5.74, 6) is 0.458. The number of ether oxygens (including phenoxy) is 2. The van der Waals surface area contributed by atoms with Crippen LogP contribution in [0.1, 0.15) is 29.0 Å². The molecule has 0 bridgehead atoms. The Morgan fingerprint density at radius 3 is 2.50 bits per heavy atom. The molecule has 0 aromatic heterocycles. The minimum Gasteiger partial charge on any atom is -0.530 e. The fourth-order valence-corrected chi connectivity index (χ4v) is 4.79. The van der Waals surface area contributed by atoms with Crippen molar-refractivity contribution in [2.24, 2.45) is 0 Å². The Hall–Kier alpha value is -3.90. The number of hydrogen-bond acceptors (Lipinski definition) is 4. The van der Waals surface area contributed by atoms with E-state index in [-0.39, 0.29) is 24.4 Å². The molecule has 0 saturated carbocycles. The first-order valence-corrected chi connectivity index (χ1v) is 12.1. The Morgan fingerprint density at radius 1 is 0.917 bits per heavy atom. The lowest BCUT2D eigenvalue weighted by molar-refractivity contribution is -0.268. The maximum atomic E-state index is 13.5. The second-order valence-corrected chi connectivity index (χ2v) is 9.09. The molecule has 0 aliphatic carbocycles. The number of benzene rings is 4. The molecule has 1 heterocycles. The van der Waals surface area contributed by atoms with Crippen LogP contribution in [0.5, 0.6) is 5.75 Å². The first-order chi connectivity index (χ1) is 17.6. The Morgan fingerprint density at radius 2 is 1.72 bits per heavy atom. The van der Waals surface area contributed by atoms with Gasteiger partial charge in [0.05, 0.1) is 12.7 Å². The summed E-state index contributed by atoms with van der Waals surface area (Å²) in [6.07, 6.45) is -0.992. The summed E-state index contributed by atoms with van der Waals surface area (Å²) in [5, 5.41) is 13.6. The highest BCUT2D eigenvalue weighted by atomic mass is 19.1. The van der Waals surface area contributed by atoms with Crippen molar-refractivity contribution in [3.05, 3.63) is 114 Å². The maximum Gasteiger partial charge on any atom is 0.137 e. The van der Waals surface area contributed by atoms with Crippen LogP contribution in [-0.4, -0.2) is 30.2 Å². The second kappa shape index (κ2) is 10.8. The zero-order valence-corrected chi connectivity index (χ0v) is 19.8. The smallest absolute Gasteiger partial charge is 0.137 e. The molecule has 1 aliphatic rings. The number of nitrogens with zero attached hydrogens (tertiary/aromatic N) is 1. The molecule has 36 heavy (non-hydrogen) atoms. The van der Waals surface area contributed by atoms with Crippen molar-refractivity contribution >= 4 is 16.9 Å². The maximum absolute atomic E-state index is 13.5. The van der Waals surface area contributed by atoms with Gasteiger partial charge < -0.3 is 24.3 Å². The summed E-state index contributed by atoms with van der Waals surface area (Å²) in [4.78, 5) is 12.8. The first kappa shape index (κ1) is 23.8. The zero-order valence-electron chi connectivity index (χ0n) is 19.8. The summed E-state index contributed by atoms with van der Waals surface area (Å²) in [6, 6.07) is 28.4. The molecule has 1 amide bonds. The predicted molar refractivity (Wildman–Crippen MR) is 134 cm³/mol. The fraction of sp³-hybridized carbons (Fsp3) is 0.233. The van der Waals surface area contributed by atoms with E-state index in [1.165, 1.54) is 17.0 Å². The van der Waals surface area contributed by atoms with Crippen molar-refractivity contribution in [1.29, 1.82) is 0 Å². The molecular weight excluding hydrogens is 457 g/mol. The number of amides is 1. The Kier molecular flexibility index (Phi) is 7.14. The number of carbonyl (C=O) groups excluding carboxylic acids is 1. The van der Waals surface area contributed by atoms with Crippen LogP contribution in [-0.2, 0) is 18.0 Å². The molecule has 2 unspecified atom stereocenters. The van der Waals surface area contributed by atoms with E-state index >= 15 is 0 Å². The first-order valence-electron chi connectivity index (χ1n) is 12.1. The fourth-order valence-electron chi connectivity index (χ4n) is 4.79. The minimum absolute atomic E-state index is 0.0357. The van der Waals surface area contributed by atoms with Gasteiger partial charge in [0.25, 0.3) is 0 Å². The van der Waals surface area contributed by atoms with E-state index in [2.05, 4.69) is 6.07 Å². The van der Waals surface area contributed by atoms with Gasteiger partial charge in [-0.15, -0.1) is 0 Å². The average molecular weight is 485 g/mol. The summed E-state index contributed by atoms with van der Waals surface area (Å²) in [7, 11) is 0. The summed E-state index contributed by atoms with van der Waals surface area (Å²) in [6.45, 7) is 1.36. The van der Waals surface area contributed by atoms with E-state index in [0.29, 0.717) is 26.2 Å². The molecule has 1 saturated heterocycles. The van der Waals surface area contributed by atoms with Crippen LogP contribution < -0.4 is 9.84 Å². The van der Waals surface area contributed by atoms with Gasteiger partial charge in [0.1, 0.15) is 24.3 Å². The van der Waals surface area contributed by atoms with E-state index in [4.69, 9.17) is 9.47 Å². The van der Waals surface area contributed by atoms with E-state index in [1.807, 2.05) is 60.7 Å². The van der Waals surface area contributed by atoms with Gasteiger partial charge in [0.2, 0.25) is 0 Å². The van der Waals surface area contributed by atoms with Gasteiger partial charge in [-0.3, -0.25) is 0 Å². The van der Waals surface area contributed by atoms with E-state index < -0.39 is 6.09 Å². The standard InChI is InChI=1S/C30H28FNO4/c31-25-13-11-24(12-14-25)26-15-16-32(30(33)34)18-29(26)36-20-22-9-10-23-7-4-8-28(27(23)17-22)35-19-21-5-2-1-3-6-21/h1-14,17,26,29H,15-16,18-20H2,(H,33,34)/p-1. The van der Waals surface area contributed by atoms with E-state index in [0.717, 1.165) is 33.2 Å². The van der Waals surface area contributed by atoms with Crippen molar-refractivity contribution in [2.45, 2.75) is 31.7 Å². The summed E-state index contributed by atoms with van der Waals surface area (Å²) >= 11 is 0. The van der Waals surface area contributed by atoms with Crippen LogP contribution in [0, 0.1) is 5.82 Å². The molecular formula is C30H27FNO4-. The average Bonchev–Trinajstić information content (AvgIpc) is 2.91. The molecule has 6 heteroatoms. The number of rotatable bonds is 7. The van der Waals surface area contributed by atoms with Crippen LogP contribution in [0.15, 0.2) is 91.0 Å². The Balaban J connectivity index is 1.33. The van der Waals surface area contributed by atoms with Crippen LogP contribution in [0.3, 0.4) is 0 Å². The third kappa shape index (κ3) is 5.50. The number of carbonyl (C=O) groups is 1. The van der Waals surface area contributed by atoms with E-state index in [1.54, 1.807) is 12.1 Å². The topological polar surface area (TPSA) is 61.8 Å². The van der Waals surface area contributed by atoms with Gasteiger partial charge in [-0.25, -0.2) is 4.39 Å². The Bertz CT molecular complexity index is 1330. The molecule has 0 spiro atoms. The van der Waals surface area contributed by atoms with Crippen molar-refractivity contribution in [3.8, 4) is 5.75 Å². The largest absolute Gasteiger partial charge is 0.530 e. The zero-order chi connectivity index (χ0) is 24.9. The third-order valence-electron chi connectivity index (χ3n) is 6.72. The van der Waals surface area contributed by atoms with Crippen LogP contribution in [0.25, 0.3) is 10.8 Å². The molecule has 4 aromatic rings. The summed E-state index contributed by atoms with van der Waals surface area (Å²) < 4.78 is 25.9. The molecule has 1 fully saturated rings. The quantitative estimate of drug-likeness (QED) is 0.358. The lowest BCUT2D eigenvalue weighted by atomic mass is 9.87. The van der Waals surface area contributed by atoms with Crippen LogP contribution in [0.2, 0.25) is 0 Å². The highest BCUT2D eigenvalue weighted by Gasteiger charge is 2.31. The molecule has 0 N–H and O–H groups in total. The molecule has 184 valence electrons. The van der Waals surface area contributed by atoms with Crippen molar-refractivity contribution in [3.63, 3.8) is 0 Å². The molecule has 5 nitrogen and oxygen atoms in total. The molecule has 5 rings (SSSR count). The van der Waals surface area contributed by atoms with Crippen molar-refractivity contribution < 1.29 is 23.8 Å². The molecule has 1 aliphatic heterocycles. The van der Waals surface area contributed by atoms with Gasteiger partial charge in [-0.1, -0.05) is 66.7 Å². The van der Waals surface area contributed by atoms with Gasteiger partial charge in [-0.2, -0.15) is 0 Å². The van der Waals surface area contributed by atoms with Gasteiger partial charge in [0.15, 0.2) is 0 Å². The van der Waals surface area contributed by atoms with Gasteiger partial charge in [-0.05, 0) is 52.8 Å². The van der Waals surface area contributed by atoms with Crippen molar-refractivity contribution in [2.75, 3.05) is 13.1 Å². The molecule has 0 radical (unpaired) electrons. The molecule has 2 atom stereocenters. The monoisotopic (exact) mass is 484 g/mol. The van der Waals surface area contributed by atoms with Crippen LogP contribution >= 0.6 is 0 Å². The highest BCUT2D eigenvalue weighted by molar-refractivity contribution is 5.88. The number of likely N-dealkylation sites (tertiary alicyclic amines) is 1. The number of halogens is 1. The van der Waals surface area contributed by atoms with Gasteiger partial charge in [0, 0.05) is 24.4 Å². The molecule has 4 aromatic carbocycles. The Labute approximate surface area is 209 Å². The van der Waals surface area contributed by atoms with Crippen LogP contribution in [0.4, 0.5) is 9.18 Å².